The lowest BCUT2D eigenvalue weighted by Crippen LogP contribution is -2.06. The lowest BCUT2D eigenvalue weighted by molar-refractivity contribution is -0.111. The van der Waals surface area contributed by atoms with Crippen LogP contribution in [0.5, 0.6) is 0 Å². The molecule has 1 aromatic rings. The molecule has 0 unspecified atom stereocenters. The van der Waals surface area contributed by atoms with E-state index in [4.69, 9.17) is 0 Å². The van der Waals surface area contributed by atoms with E-state index >= 15 is 0 Å². The molecule has 0 saturated carbocycles. The Hall–Kier alpha value is -1.91. The van der Waals surface area contributed by atoms with Crippen molar-refractivity contribution in [2.24, 2.45) is 9.98 Å². The van der Waals surface area contributed by atoms with E-state index in [-0.39, 0.29) is 12.3 Å². The fourth-order valence-electron chi connectivity index (χ4n) is 0.589. The van der Waals surface area contributed by atoms with Crippen LogP contribution in [0, 0.1) is 0 Å². The molecule has 66 valence electrons. The zero-order chi connectivity index (χ0) is 9.36. The van der Waals surface area contributed by atoms with Crippen molar-refractivity contribution in [1.82, 2.24) is 9.97 Å². The summed E-state index contributed by atoms with van der Waals surface area (Å²) in [4.78, 5) is 24.6. The van der Waals surface area contributed by atoms with Gasteiger partial charge in [0.25, 0.3) is 0 Å². The van der Waals surface area contributed by atoms with E-state index in [0.29, 0.717) is 0 Å². The van der Waals surface area contributed by atoms with E-state index in [2.05, 4.69) is 20.0 Å². The molecular formula is C8H8N4O. The van der Waals surface area contributed by atoms with Crippen LogP contribution in [-0.4, -0.2) is 34.8 Å². The van der Waals surface area contributed by atoms with Crippen LogP contribution < -0.4 is 0 Å². The molecule has 5 nitrogen and oxygen atoms in total. The quantitative estimate of drug-likeness (QED) is 0.564. The van der Waals surface area contributed by atoms with E-state index in [0.717, 1.165) is 0 Å². The molecule has 1 aliphatic heterocycles. The highest BCUT2D eigenvalue weighted by atomic mass is 16.1. The second kappa shape index (κ2) is 5.70. The number of carbonyl (C=O) groups is 1. The minimum atomic E-state index is -0.0255. The number of Topliss-reactive ketones (excluding diaryl/α,β-unsaturated/α-hetero) is 1. The van der Waals surface area contributed by atoms with Crippen LogP contribution in [0.3, 0.4) is 0 Å². The molecule has 0 amide bonds. The summed E-state index contributed by atoms with van der Waals surface area (Å²) in [5.41, 5.74) is 0. The Morgan fingerprint density at radius 2 is 2.00 bits per heavy atom. The maximum absolute atomic E-state index is 10.2. The Labute approximate surface area is 75.3 Å². The number of hydrogen-bond donors (Lipinski definition) is 0. The Kier molecular flexibility index (Phi) is 4.03. The second-order valence-corrected chi connectivity index (χ2v) is 2.10. The molecule has 2 heterocycles. The van der Waals surface area contributed by atoms with E-state index < -0.39 is 0 Å². The van der Waals surface area contributed by atoms with Gasteiger partial charge in [0.2, 0.25) is 0 Å². The van der Waals surface area contributed by atoms with Gasteiger partial charge in [-0.1, -0.05) is 0 Å². The Balaban J connectivity index is 0.000000132. The Bertz CT molecular complexity index is 280. The maximum atomic E-state index is 10.2. The molecule has 0 atom stereocenters. The van der Waals surface area contributed by atoms with Gasteiger partial charge in [-0.2, -0.15) is 0 Å². The molecule has 0 bridgehead atoms. The third-order valence-corrected chi connectivity index (χ3v) is 1.09. The van der Waals surface area contributed by atoms with Gasteiger partial charge in [0, 0.05) is 12.4 Å². The summed E-state index contributed by atoms with van der Waals surface area (Å²) >= 11 is 0. The Morgan fingerprint density at radius 1 is 1.23 bits per heavy atom. The predicted molar refractivity (Wildman–Crippen MR) is 48.9 cm³/mol. The molecule has 13 heavy (non-hydrogen) atoms. The van der Waals surface area contributed by atoms with Crippen molar-refractivity contribution in [3.63, 3.8) is 0 Å². The monoisotopic (exact) mass is 176 g/mol. The number of rotatable bonds is 0. The summed E-state index contributed by atoms with van der Waals surface area (Å²) in [5, 5.41) is 0. The highest BCUT2D eigenvalue weighted by molar-refractivity contribution is 6.30. The molecule has 2 rings (SSSR count). The zero-order valence-electron chi connectivity index (χ0n) is 6.87. The van der Waals surface area contributed by atoms with Crippen LogP contribution in [0.4, 0.5) is 0 Å². The number of nitrogens with zero attached hydrogens (tertiary/aromatic N) is 4. The van der Waals surface area contributed by atoms with Gasteiger partial charge in [0.05, 0.1) is 6.21 Å². The van der Waals surface area contributed by atoms with Crippen LogP contribution in [0.25, 0.3) is 0 Å². The first kappa shape index (κ1) is 9.18. The summed E-state index contributed by atoms with van der Waals surface area (Å²) in [7, 11) is 0. The van der Waals surface area contributed by atoms with E-state index in [1.54, 1.807) is 18.5 Å². The summed E-state index contributed by atoms with van der Waals surface area (Å²) in [6.07, 6.45) is 7.52. The first-order chi connectivity index (χ1) is 6.39. The minimum absolute atomic E-state index is 0.0255. The largest absolute Gasteiger partial charge is 0.291 e. The first-order valence-corrected chi connectivity index (χ1v) is 3.64. The topological polar surface area (TPSA) is 67.6 Å². The molecule has 0 radical (unpaired) electrons. The van der Waals surface area contributed by atoms with Crippen molar-refractivity contribution in [2.75, 3.05) is 6.54 Å². The summed E-state index contributed by atoms with van der Waals surface area (Å²) in [6, 6.07) is 1.78. The van der Waals surface area contributed by atoms with E-state index in [1.807, 2.05) is 0 Å². The third kappa shape index (κ3) is 4.52. The van der Waals surface area contributed by atoms with Crippen LogP contribution in [0.1, 0.15) is 0 Å². The fourth-order valence-corrected chi connectivity index (χ4v) is 0.589. The van der Waals surface area contributed by atoms with Gasteiger partial charge >= 0.3 is 0 Å². The summed E-state index contributed by atoms with van der Waals surface area (Å²) in [6.45, 7) is 0.267. The molecule has 1 aliphatic rings. The third-order valence-electron chi connectivity index (χ3n) is 1.09. The lowest BCUT2D eigenvalue weighted by Gasteiger charge is -1.88. The number of ketones is 1. The molecule has 0 N–H and O–H groups in total. The number of carbonyl (C=O) groups excluding carboxylic acids is 1. The molecule has 0 saturated heterocycles. The van der Waals surface area contributed by atoms with Gasteiger partial charge in [0.15, 0.2) is 5.78 Å². The van der Waals surface area contributed by atoms with Crippen molar-refractivity contribution >= 4 is 18.3 Å². The van der Waals surface area contributed by atoms with Crippen molar-refractivity contribution < 1.29 is 4.79 Å². The van der Waals surface area contributed by atoms with Gasteiger partial charge in [-0.05, 0) is 6.07 Å². The summed E-state index contributed by atoms with van der Waals surface area (Å²) in [5.74, 6) is -0.0255. The van der Waals surface area contributed by atoms with Gasteiger partial charge < -0.3 is 0 Å². The minimum Gasteiger partial charge on any atom is -0.291 e. The standard InChI is InChI=1S/C4H4N2O.C4H4N2/c7-4-1-5-3-6-2-4;1-2-5-4-6-3-1/h1,3H,2H2;1-4H. The lowest BCUT2D eigenvalue weighted by atomic mass is 10.4. The van der Waals surface area contributed by atoms with Crippen molar-refractivity contribution in [1.29, 1.82) is 0 Å². The molecular weight excluding hydrogens is 168 g/mol. The molecule has 5 heteroatoms. The first-order valence-electron chi connectivity index (χ1n) is 3.64. The van der Waals surface area contributed by atoms with E-state index in [9.17, 15) is 4.79 Å². The zero-order valence-corrected chi connectivity index (χ0v) is 6.87. The van der Waals surface area contributed by atoms with Crippen molar-refractivity contribution in [2.45, 2.75) is 0 Å². The molecule has 0 fully saturated rings. The van der Waals surface area contributed by atoms with Gasteiger partial charge in [-0.3, -0.25) is 9.79 Å². The fraction of sp³-hybridized carbons (Fsp3) is 0.125. The van der Waals surface area contributed by atoms with Gasteiger partial charge in [0.1, 0.15) is 19.2 Å². The van der Waals surface area contributed by atoms with Crippen LogP contribution >= 0.6 is 0 Å². The van der Waals surface area contributed by atoms with Crippen LogP contribution in [0.15, 0.2) is 34.8 Å². The SMILES string of the molecule is O=C1C=NC=NC1.c1cncnc1. The number of aliphatic imine (C=N–C) groups is 2. The molecule has 0 aliphatic carbocycles. The second-order valence-electron chi connectivity index (χ2n) is 2.10. The average molecular weight is 176 g/mol. The molecule has 0 aromatic carbocycles. The van der Waals surface area contributed by atoms with Gasteiger partial charge in [-0.25, -0.2) is 15.0 Å². The molecule has 0 spiro atoms. The van der Waals surface area contributed by atoms with Gasteiger partial charge in [-0.15, -0.1) is 0 Å². The highest BCUT2D eigenvalue weighted by Gasteiger charge is 1.94. The number of aromatic nitrogens is 2. The average Bonchev–Trinajstić information content (AvgIpc) is 2.22. The maximum Gasteiger partial charge on any atom is 0.195 e. The van der Waals surface area contributed by atoms with Crippen LogP contribution in [0.2, 0.25) is 0 Å². The van der Waals surface area contributed by atoms with Crippen molar-refractivity contribution in [3.05, 3.63) is 24.8 Å². The number of hydrogen-bond acceptors (Lipinski definition) is 5. The highest BCUT2D eigenvalue weighted by Crippen LogP contribution is 1.76. The predicted octanol–water partition coefficient (Wildman–Crippen LogP) is 0.145. The smallest absolute Gasteiger partial charge is 0.195 e. The summed E-state index contributed by atoms with van der Waals surface area (Å²) < 4.78 is 0. The molecule has 1 aromatic heterocycles. The van der Waals surface area contributed by atoms with E-state index in [1.165, 1.54) is 18.9 Å². The Morgan fingerprint density at radius 3 is 2.23 bits per heavy atom. The van der Waals surface area contributed by atoms with Crippen molar-refractivity contribution in [3.8, 4) is 0 Å². The normalized spacial score (nSPS) is 13.4. The van der Waals surface area contributed by atoms with Crippen LogP contribution in [-0.2, 0) is 4.79 Å².